The van der Waals surface area contributed by atoms with Gasteiger partial charge in [0.05, 0.1) is 28.2 Å². The number of aromatic nitrogens is 1. The molecule has 174 valence electrons. The van der Waals surface area contributed by atoms with E-state index < -0.39 is 17.7 Å². The number of carbonyl (C=O) groups is 1. The van der Waals surface area contributed by atoms with Crippen molar-refractivity contribution in [2.45, 2.75) is 12.5 Å². The maximum absolute atomic E-state index is 14.5. The topological polar surface area (TPSA) is 74.6 Å². The largest absolute Gasteiger partial charge is 0.391 e. The number of rotatable bonds is 4. The summed E-state index contributed by atoms with van der Waals surface area (Å²) in [5.41, 5.74) is 0.359. The summed E-state index contributed by atoms with van der Waals surface area (Å²) in [6, 6.07) is 12.8. The van der Waals surface area contributed by atoms with Gasteiger partial charge in [-0.25, -0.2) is 8.78 Å². The first-order valence-electron chi connectivity index (χ1n) is 10.5. The van der Waals surface area contributed by atoms with Crippen LogP contribution in [0, 0.1) is 11.6 Å². The molecule has 1 amide bonds. The molecular weight excluding hydrogens is 484 g/mol. The number of halogens is 3. The average molecular weight is 502 g/mol. The van der Waals surface area contributed by atoms with Gasteiger partial charge in [0.15, 0.2) is 0 Å². The van der Waals surface area contributed by atoms with Crippen LogP contribution in [0.15, 0.2) is 59.4 Å². The monoisotopic (exact) mass is 501 g/mol. The van der Waals surface area contributed by atoms with E-state index in [1.807, 2.05) is 0 Å². The number of hydrogen-bond acceptors (Lipinski definition) is 5. The Balaban J connectivity index is 1.74. The number of anilines is 2. The molecule has 6 nitrogen and oxygen atoms in total. The van der Waals surface area contributed by atoms with E-state index >= 15 is 0 Å². The minimum Gasteiger partial charge on any atom is -0.391 e. The molecule has 1 aliphatic rings. The molecule has 1 fully saturated rings. The highest BCUT2D eigenvalue weighted by molar-refractivity contribution is 7.21. The molecule has 1 atom stereocenters. The van der Waals surface area contributed by atoms with Crippen LogP contribution in [-0.4, -0.2) is 39.7 Å². The van der Waals surface area contributed by atoms with Gasteiger partial charge in [0, 0.05) is 30.6 Å². The van der Waals surface area contributed by atoms with Gasteiger partial charge in [-0.2, -0.15) is 0 Å². The molecule has 1 aliphatic heterocycles. The van der Waals surface area contributed by atoms with Gasteiger partial charge in [-0.3, -0.25) is 14.2 Å². The summed E-state index contributed by atoms with van der Waals surface area (Å²) in [7, 11) is 0. The van der Waals surface area contributed by atoms with E-state index in [1.54, 1.807) is 30.3 Å². The van der Waals surface area contributed by atoms with Crippen LogP contribution in [0.3, 0.4) is 0 Å². The Hall–Kier alpha value is -3.27. The summed E-state index contributed by atoms with van der Waals surface area (Å²) in [6.07, 6.45) is -0.165. The number of hydrogen-bond donors (Lipinski definition) is 2. The number of β-amino-alcohol motifs (C(OH)–C–C–N with tert-alkyl or cyclic N) is 1. The number of amides is 1. The smallest absolute Gasteiger partial charge is 0.266 e. The van der Waals surface area contributed by atoms with Crippen LogP contribution < -0.4 is 10.9 Å². The van der Waals surface area contributed by atoms with E-state index in [2.05, 4.69) is 5.32 Å². The number of likely N-dealkylation sites (tertiary alicyclic amines) is 1. The van der Waals surface area contributed by atoms with Crippen LogP contribution in [0.5, 0.6) is 0 Å². The van der Waals surface area contributed by atoms with Crippen molar-refractivity contribution in [3.05, 3.63) is 86.5 Å². The highest BCUT2D eigenvalue weighted by Crippen LogP contribution is 2.40. The third kappa shape index (κ3) is 3.96. The minimum atomic E-state index is -0.825. The fraction of sp³-hybridized carbons (Fsp3) is 0.167. The molecule has 4 aromatic rings. The summed E-state index contributed by atoms with van der Waals surface area (Å²) < 4.78 is 29.3. The zero-order valence-electron chi connectivity index (χ0n) is 17.6. The maximum atomic E-state index is 14.5. The molecule has 1 saturated heterocycles. The second-order valence-electron chi connectivity index (χ2n) is 7.93. The van der Waals surface area contributed by atoms with Crippen LogP contribution in [0.1, 0.15) is 16.1 Å². The lowest BCUT2D eigenvalue weighted by molar-refractivity contribution is 0.0770. The molecule has 5 rings (SSSR count). The Morgan fingerprint density at radius 3 is 2.65 bits per heavy atom. The van der Waals surface area contributed by atoms with Gasteiger partial charge >= 0.3 is 0 Å². The van der Waals surface area contributed by atoms with Crippen molar-refractivity contribution >= 4 is 50.4 Å². The molecule has 2 aromatic carbocycles. The molecule has 0 bridgehead atoms. The fourth-order valence-electron chi connectivity index (χ4n) is 4.01. The van der Waals surface area contributed by atoms with Crippen molar-refractivity contribution in [2.24, 2.45) is 0 Å². The van der Waals surface area contributed by atoms with E-state index in [-0.39, 0.29) is 34.3 Å². The minimum absolute atomic E-state index is 0.0212. The lowest BCUT2D eigenvalue weighted by Gasteiger charge is -2.16. The first kappa shape index (κ1) is 22.5. The summed E-state index contributed by atoms with van der Waals surface area (Å²) in [6.45, 7) is 0.546. The van der Waals surface area contributed by atoms with Crippen LogP contribution in [0.2, 0.25) is 5.02 Å². The maximum Gasteiger partial charge on any atom is 0.266 e. The fourth-order valence-corrected chi connectivity index (χ4v) is 5.47. The van der Waals surface area contributed by atoms with Gasteiger partial charge in [-0.05, 0) is 36.8 Å². The predicted molar refractivity (Wildman–Crippen MR) is 129 cm³/mol. The van der Waals surface area contributed by atoms with Gasteiger partial charge in [-0.1, -0.05) is 23.7 Å². The highest BCUT2D eigenvalue weighted by atomic mass is 35.5. The lowest BCUT2D eigenvalue weighted by Crippen LogP contribution is -2.29. The van der Waals surface area contributed by atoms with Crippen LogP contribution in [0.4, 0.5) is 20.2 Å². The molecule has 2 N–H and O–H groups in total. The second kappa shape index (κ2) is 8.83. The zero-order chi connectivity index (χ0) is 24.0. The van der Waals surface area contributed by atoms with E-state index in [0.29, 0.717) is 33.9 Å². The molecule has 0 radical (unpaired) electrons. The quantitative estimate of drug-likeness (QED) is 0.415. The summed E-state index contributed by atoms with van der Waals surface area (Å²) in [5.74, 6) is -1.91. The molecule has 0 aliphatic carbocycles. The van der Waals surface area contributed by atoms with Crippen molar-refractivity contribution < 1.29 is 18.7 Å². The SMILES string of the molecule is O=C(c1sc2c(ccc(=O)n2-c2ccccc2Cl)c1Nc1ccc(F)cc1F)N1CC[C@@H](O)C1. The third-order valence-electron chi connectivity index (χ3n) is 5.67. The molecule has 34 heavy (non-hydrogen) atoms. The molecule has 10 heteroatoms. The van der Waals surface area contributed by atoms with Crippen molar-refractivity contribution in [1.82, 2.24) is 9.47 Å². The molecule has 0 saturated carbocycles. The third-order valence-corrected chi connectivity index (χ3v) is 7.17. The number of pyridine rings is 1. The Labute approximate surface area is 201 Å². The summed E-state index contributed by atoms with van der Waals surface area (Å²) in [4.78, 5) is 28.5. The number of aliphatic hydroxyl groups is 1. The van der Waals surface area contributed by atoms with Gasteiger partial charge in [0.1, 0.15) is 21.3 Å². The van der Waals surface area contributed by atoms with Crippen molar-refractivity contribution in [3.63, 3.8) is 0 Å². The second-order valence-corrected chi connectivity index (χ2v) is 9.33. The standard InChI is InChI=1S/C24H18ClF2N3O3S/c25-16-3-1-2-4-19(16)30-20(32)8-6-15-21(28-18-7-5-13(26)11-17(18)27)22(34-24(15)30)23(33)29-10-9-14(31)12-29/h1-8,11,14,28,31H,9-10,12H2/t14-/m1/s1. The summed E-state index contributed by atoms with van der Waals surface area (Å²) >= 11 is 7.43. The molecular formula is C24H18ClF2N3O3S. The van der Waals surface area contributed by atoms with Gasteiger partial charge in [-0.15, -0.1) is 11.3 Å². The van der Waals surface area contributed by atoms with Crippen molar-refractivity contribution in [3.8, 4) is 5.69 Å². The number of aliphatic hydroxyl groups excluding tert-OH is 1. The number of benzene rings is 2. The first-order valence-corrected chi connectivity index (χ1v) is 11.7. The highest BCUT2D eigenvalue weighted by Gasteiger charge is 2.30. The van der Waals surface area contributed by atoms with Crippen LogP contribution in [-0.2, 0) is 0 Å². The molecule has 0 unspecified atom stereocenters. The average Bonchev–Trinajstić information content (AvgIpc) is 3.40. The summed E-state index contributed by atoms with van der Waals surface area (Å²) in [5, 5.41) is 13.7. The number of para-hydroxylation sites is 1. The van der Waals surface area contributed by atoms with E-state index in [0.717, 1.165) is 23.5 Å². The first-order chi connectivity index (χ1) is 16.3. The van der Waals surface area contributed by atoms with Gasteiger partial charge in [0.25, 0.3) is 11.5 Å². The molecule has 2 aromatic heterocycles. The van der Waals surface area contributed by atoms with Crippen LogP contribution in [0.25, 0.3) is 15.9 Å². The van der Waals surface area contributed by atoms with Crippen molar-refractivity contribution in [2.75, 3.05) is 18.4 Å². The van der Waals surface area contributed by atoms with Gasteiger partial charge < -0.3 is 15.3 Å². The zero-order valence-corrected chi connectivity index (χ0v) is 19.2. The Morgan fingerprint density at radius 2 is 1.94 bits per heavy atom. The predicted octanol–water partition coefficient (Wildman–Crippen LogP) is 4.93. The normalized spacial score (nSPS) is 15.8. The van der Waals surface area contributed by atoms with E-state index in [4.69, 9.17) is 11.6 Å². The Bertz CT molecular complexity index is 1490. The van der Waals surface area contributed by atoms with E-state index in [1.165, 1.54) is 21.6 Å². The number of fused-ring (bicyclic) bond motifs is 1. The lowest BCUT2D eigenvalue weighted by atomic mass is 10.2. The Kier molecular flexibility index (Phi) is 5.85. The molecule has 3 heterocycles. The van der Waals surface area contributed by atoms with Gasteiger partial charge in [0.2, 0.25) is 0 Å². The molecule has 0 spiro atoms. The van der Waals surface area contributed by atoms with Crippen LogP contribution >= 0.6 is 22.9 Å². The number of thiophene rings is 1. The van der Waals surface area contributed by atoms with E-state index in [9.17, 15) is 23.5 Å². The number of nitrogens with zero attached hydrogens (tertiary/aromatic N) is 2. The number of nitrogens with one attached hydrogen (secondary N) is 1. The van der Waals surface area contributed by atoms with Crippen molar-refractivity contribution in [1.29, 1.82) is 0 Å². The Morgan fingerprint density at radius 1 is 1.15 bits per heavy atom. The number of carbonyl (C=O) groups excluding carboxylic acids is 1.